The normalized spacial score (nSPS) is 24.3. The van der Waals surface area contributed by atoms with Gasteiger partial charge >= 0.3 is 0 Å². The van der Waals surface area contributed by atoms with Gasteiger partial charge in [-0.25, -0.2) is 0 Å². The molecule has 2 rings (SSSR count). The Morgan fingerprint density at radius 1 is 1.24 bits per heavy atom. The first-order valence-electron chi connectivity index (χ1n) is 8.00. The van der Waals surface area contributed by atoms with E-state index in [0.29, 0.717) is 0 Å². The highest BCUT2D eigenvalue weighted by Gasteiger charge is 2.22. The third-order valence-corrected chi connectivity index (χ3v) is 4.58. The van der Waals surface area contributed by atoms with E-state index in [1.807, 2.05) is 0 Å². The van der Waals surface area contributed by atoms with Gasteiger partial charge in [0.15, 0.2) is 0 Å². The van der Waals surface area contributed by atoms with Gasteiger partial charge in [0.05, 0.1) is 6.04 Å². The van der Waals surface area contributed by atoms with Crippen LogP contribution in [0.25, 0.3) is 0 Å². The lowest BCUT2D eigenvalue weighted by atomic mass is 10.1. The molecule has 2 atom stereocenters. The fourth-order valence-electron chi connectivity index (χ4n) is 3.16. The molecule has 2 aliphatic heterocycles. The van der Waals surface area contributed by atoms with Crippen molar-refractivity contribution in [2.45, 2.75) is 51.5 Å². The largest absolute Gasteiger partial charge is 0.355 e. The van der Waals surface area contributed by atoms with Gasteiger partial charge in [-0.2, -0.15) is 0 Å². The molecular formula is C15H31Cl2N3O. The fourth-order valence-corrected chi connectivity index (χ4v) is 3.16. The summed E-state index contributed by atoms with van der Waals surface area (Å²) in [5.41, 5.74) is 0. The van der Waals surface area contributed by atoms with Crippen LogP contribution >= 0.6 is 24.8 Å². The standard InChI is InChI=1S/C15H29N3O.2ClH/c1-13(18-10-4-2-3-5-11-18)15(19)17-9-7-14-6-8-16-12-14;;/h13-14,16H,2-12H2,1H3,(H,17,19);2*1H. The van der Waals surface area contributed by atoms with Crippen molar-refractivity contribution in [1.29, 1.82) is 0 Å². The summed E-state index contributed by atoms with van der Waals surface area (Å²) in [6, 6.07) is 0.0415. The molecule has 0 spiro atoms. The van der Waals surface area contributed by atoms with Gasteiger partial charge in [0.1, 0.15) is 0 Å². The summed E-state index contributed by atoms with van der Waals surface area (Å²) in [5, 5.41) is 6.49. The smallest absolute Gasteiger partial charge is 0.237 e. The monoisotopic (exact) mass is 339 g/mol. The number of carbonyl (C=O) groups is 1. The molecule has 0 radical (unpaired) electrons. The van der Waals surface area contributed by atoms with Crippen LogP contribution in [0.1, 0.15) is 45.4 Å². The highest BCUT2D eigenvalue weighted by Crippen LogP contribution is 2.13. The predicted molar refractivity (Wildman–Crippen MR) is 92.6 cm³/mol. The van der Waals surface area contributed by atoms with Crippen LogP contribution in [0.2, 0.25) is 0 Å². The molecule has 4 nitrogen and oxygen atoms in total. The molecule has 21 heavy (non-hydrogen) atoms. The lowest BCUT2D eigenvalue weighted by Crippen LogP contribution is -2.45. The summed E-state index contributed by atoms with van der Waals surface area (Å²) >= 11 is 0. The molecule has 6 heteroatoms. The third-order valence-electron chi connectivity index (χ3n) is 4.58. The Kier molecular flexibility index (Phi) is 11.5. The van der Waals surface area contributed by atoms with E-state index in [1.165, 1.54) is 32.1 Å². The van der Waals surface area contributed by atoms with Crippen molar-refractivity contribution in [2.75, 3.05) is 32.7 Å². The minimum Gasteiger partial charge on any atom is -0.355 e. The zero-order valence-corrected chi connectivity index (χ0v) is 14.7. The van der Waals surface area contributed by atoms with Crippen molar-refractivity contribution in [2.24, 2.45) is 5.92 Å². The summed E-state index contributed by atoms with van der Waals surface area (Å²) in [6.07, 6.45) is 7.50. The summed E-state index contributed by atoms with van der Waals surface area (Å²) in [5.74, 6) is 0.974. The van der Waals surface area contributed by atoms with Gasteiger partial charge in [-0.3, -0.25) is 9.69 Å². The maximum Gasteiger partial charge on any atom is 0.237 e. The summed E-state index contributed by atoms with van der Waals surface area (Å²) < 4.78 is 0. The van der Waals surface area contributed by atoms with Crippen LogP contribution in [0.3, 0.4) is 0 Å². The Bertz CT molecular complexity index is 278. The van der Waals surface area contributed by atoms with E-state index in [9.17, 15) is 4.79 Å². The van der Waals surface area contributed by atoms with Gasteiger partial charge in [-0.1, -0.05) is 12.8 Å². The molecule has 1 amide bonds. The molecule has 2 saturated heterocycles. The SMILES string of the molecule is CC(C(=O)NCCC1CCNC1)N1CCCCCC1.Cl.Cl. The van der Waals surface area contributed by atoms with Gasteiger partial charge in [-0.05, 0) is 64.7 Å². The van der Waals surface area contributed by atoms with Crippen LogP contribution < -0.4 is 10.6 Å². The summed E-state index contributed by atoms with van der Waals surface area (Å²) in [4.78, 5) is 14.5. The van der Waals surface area contributed by atoms with Crippen LogP contribution in [0.15, 0.2) is 0 Å². The van der Waals surface area contributed by atoms with Gasteiger partial charge in [0, 0.05) is 6.54 Å². The lowest BCUT2D eigenvalue weighted by Gasteiger charge is -2.26. The van der Waals surface area contributed by atoms with Crippen LogP contribution in [-0.4, -0.2) is 49.6 Å². The van der Waals surface area contributed by atoms with Gasteiger partial charge in [-0.15, -0.1) is 24.8 Å². The van der Waals surface area contributed by atoms with Crippen molar-refractivity contribution in [1.82, 2.24) is 15.5 Å². The lowest BCUT2D eigenvalue weighted by molar-refractivity contribution is -0.125. The molecule has 0 aromatic heterocycles. The minimum absolute atomic E-state index is 0. The second-order valence-electron chi connectivity index (χ2n) is 6.06. The van der Waals surface area contributed by atoms with Crippen molar-refractivity contribution < 1.29 is 4.79 Å². The van der Waals surface area contributed by atoms with E-state index in [0.717, 1.165) is 45.1 Å². The number of carbonyl (C=O) groups excluding carboxylic acids is 1. The first kappa shape index (κ1) is 21.0. The van der Waals surface area contributed by atoms with Crippen LogP contribution in [-0.2, 0) is 4.79 Å². The highest BCUT2D eigenvalue weighted by molar-refractivity contribution is 5.85. The Labute approximate surface area is 141 Å². The maximum atomic E-state index is 12.2. The van der Waals surface area contributed by atoms with E-state index in [-0.39, 0.29) is 36.8 Å². The van der Waals surface area contributed by atoms with Gasteiger partial charge in [0.25, 0.3) is 0 Å². The molecule has 126 valence electrons. The first-order valence-corrected chi connectivity index (χ1v) is 8.00. The average molecular weight is 340 g/mol. The molecule has 2 fully saturated rings. The molecule has 0 aromatic carbocycles. The second kappa shape index (κ2) is 11.5. The fraction of sp³-hybridized carbons (Fsp3) is 0.933. The molecule has 2 N–H and O–H groups in total. The summed E-state index contributed by atoms with van der Waals surface area (Å²) in [7, 11) is 0. The van der Waals surface area contributed by atoms with Crippen molar-refractivity contribution in [3.05, 3.63) is 0 Å². The van der Waals surface area contributed by atoms with Crippen molar-refractivity contribution >= 4 is 30.7 Å². The Hall–Kier alpha value is -0.0300. The summed E-state index contributed by atoms with van der Waals surface area (Å²) in [6.45, 7) is 7.32. The first-order chi connectivity index (χ1) is 9.27. The highest BCUT2D eigenvalue weighted by atomic mass is 35.5. The molecule has 0 saturated carbocycles. The third kappa shape index (κ3) is 7.18. The zero-order chi connectivity index (χ0) is 13.5. The number of hydrogen-bond donors (Lipinski definition) is 2. The number of likely N-dealkylation sites (tertiary alicyclic amines) is 1. The molecule has 0 aromatic rings. The van der Waals surface area contributed by atoms with Crippen LogP contribution in [0.4, 0.5) is 0 Å². The number of rotatable bonds is 5. The number of hydrogen-bond acceptors (Lipinski definition) is 3. The van der Waals surface area contributed by atoms with Crippen LogP contribution in [0, 0.1) is 5.92 Å². The van der Waals surface area contributed by atoms with E-state index in [2.05, 4.69) is 22.5 Å². The average Bonchev–Trinajstić information content (AvgIpc) is 2.78. The molecular weight excluding hydrogens is 309 g/mol. The van der Waals surface area contributed by atoms with Crippen molar-refractivity contribution in [3.8, 4) is 0 Å². The van der Waals surface area contributed by atoms with E-state index < -0.39 is 0 Å². The quantitative estimate of drug-likeness (QED) is 0.807. The number of amides is 1. The minimum atomic E-state index is 0. The zero-order valence-electron chi connectivity index (χ0n) is 13.1. The molecule has 2 heterocycles. The predicted octanol–water partition coefficient (Wildman–Crippen LogP) is 2.21. The van der Waals surface area contributed by atoms with Gasteiger partial charge in [0.2, 0.25) is 5.91 Å². The molecule has 0 aliphatic carbocycles. The number of halogens is 2. The van der Waals surface area contributed by atoms with E-state index >= 15 is 0 Å². The van der Waals surface area contributed by atoms with Gasteiger partial charge < -0.3 is 10.6 Å². The Morgan fingerprint density at radius 2 is 1.90 bits per heavy atom. The Balaban J connectivity index is 0.00000200. The molecule has 2 aliphatic rings. The number of nitrogens with zero attached hydrogens (tertiary/aromatic N) is 1. The number of nitrogens with one attached hydrogen (secondary N) is 2. The van der Waals surface area contributed by atoms with E-state index in [1.54, 1.807) is 0 Å². The maximum absolute atomic E-state index is 12.2. The van der Waals surface area contributed by atoms with Crippen molar-refractivity contribution in [3.63, 3.8) is 0 Å². The van der Waals surface area contributed by atoms with E-state index in [4.69, 9.17) is 0 Å². The second-order valence-corrected chi connectivity index (χ2v) is 6.06. The Morgan fingerprint density at radius 3 is 2.48 bits per heavy atom. The molecule has 0 bridgehead atoms. The van der Waals surface area contributed by atoms with Crippen LogP contribution in [0.5, 0.6) is 0 Å². The molecule has 2 unspecified atom stereocenters. The topological polar surface area (TPSA) is 44.4 Å².